The Balaban J connectivity index is 1.44. The molecule has 6 nitrogen and oxygen atoms in total. The molecular formula is C22H23F2NO5. The topological polar surface area (TPSA) is 73.9 Å². The first-order chi connectivity index (χ1) is 14.4. The largest absolute Gasteiger partial charge is 0.491 e. The zero-order valence-electron chi connectivity index (χ0n) is 16.5. The minimum absolute atomic E-state index is 0.0962. The summed E-state index contributed by atoms with van der Waals surface area (Å²) >= 11 is 0. The monoisotopic (exact) mass is 419 g/mol. The van der Waals surface area contributed by atoms with Gasteiger partial charge in [-0.2, -0.15) is 0 Å². The number of carbonyl (C=O) groups excluding carboxylic acids is 2. The molecular weight excluding hydrogens is 396 g/mol. The molecule has 8 heteroatoms. The summed E-state index contributed by atoms with van der Waals surface area (Å²) in [5, 5.41) is 2.51. The molecule has 1 fully saturated rings. The van der Waals surface area contributed by atoms with Gasteiger partial charge in [-0.3, -0.25) is 4.79 Å². The molecule has 1 N–H and O–H groups in total. The van der Waals surface area contributed by atoms with Gasteiger partial charge in [-0.15, -0.1) is 0 Å². The van der Waals surface area contributed by atoms with Crippen molar-refractivity contribution in [1.29, 1.82) is 0 Å². The molecule has 3 rings (SSSR count). The lowest BCUT2D eigenvalue weighted by molar-refractivity contribution is -0.124. The Bertz CT molecular complexity index is 882. The standard InChI is InChI=1S/C22H23F2NO5/c1-14(19-9-6-16(23)11-20(19)24)25-21(26)13-30-22(27)15-4-7-17(8-5-15)29-12-18-3-2-10-28-18/h4-9,11,14,18H,2-3,10,12-13H2,1H3,(H,25,26)/t14-,18+/m0/s1. The van der Waals surface area contributed by atoms with Gasteiger partial charge in [0.15, 0.2) is 6.61 Å². The Kier molecular flexibility index (Phi) is 7.35. The van der Waals surface area contributed by atoms with Crippen molar-refractivity contribution in [2.75, 3.05) is 19.8 Å². The molecule has 0 bridgehead atoms. The molecule has 1 saturated heterocycles. The Labute approximate surface area is 173 Å². The molecule has 0 aromatic heterocycles. The highest BCUT2D eigenvalue weighted by molar-refractivity contribution is 5.91. The van der Waals surface area contributed by atoms with Crippen molar-refractivity contribution in [3.05, 3.63) is 65.2 Å². The summed E-state index contributed by atoms with van der Waals surface area (Å²) in [6, 6.07) is 8.77. The number of rotatable bonds is 8. The fraction of sp³-hybridized carbons (Fsp3) is 0.364. The van der Waals surface area contributed by atoms with Crippen molar-refractivity contribution in [3.63, 3.8) is 0 Å². The third-order valence-electron chi connectivity index (χ3n) is 4.69. The maximum Gasteiger partial charge on any atom is 0.338 e. The molecule has 1 aliphatic heterocycles. The lowest BCUT2D eigenvalue weighted by Gasteiger charge is -2.15. The van der Waals surface area contributed by atoms with Crippen LogP contribution in [0.2, 0.25) is 0 Å². The average molecular weight is 419 g/mol. The lowest BCUT2D eigenvalue weighted by atomic mass is 10.1. The van der Waals surface area contributed by atoms with Gasteiger partial charge in [0.25, 0.3) is 5.91 Å². The van der Waals surface area contributed by atoms with E-state index >= 15 is 0 Å². The zero-order valence-corrected chi connectivity index (χ0v) is 16.5. The molecule has 2 aromatic carbocycles. The van der Waals surface area contributed by atoms with Crippen LogP contribution >= 0.6 is 0 Å². The van der Waals surface area contributed by atoms with Gasteiger partial charge in [0.1, 0.15) is 24.0 Å². The smallest absolute Gasteiger partial charge is 0.338 e. The summed E-state index contributed by atoms with van der Waals surface area (Å²) in [5.41, 5.74) is 0.402. The minimum Gasteiger partial charge on any atom is -0.491 e. The third kappa shape index (κ3) is 6.00. The van der Waals surface area contributed by atoms with E-state index in [1.54, 1.807) is 31.2 Å². The first-order valence-electron chi connectivity index (χ1n) is 9.68. The molecule has 0 radical (unpaired) electrons. The number of ether oxygens (including phenoxy) is 3. The zero-order chi connectivity index (χ0) is 21.5. The summed E-state index contributed by atoms with van der Waals surface area (Å²) < 4.78 is 42.9. The second-order valence-electron chi connectivity index (χ2n) is 7.00. The molecule has 0 saturated carbocycles. The van der Waals surface area contributed by atoms with E-state index in [4.69, 9.17) is 14.2 Å². The molecule has 2 atom stereocenters. The van der Waals surface area contributed by atoms with E-state index in [0.29, 0.717) is 12.4 Å². The van der Waals surface area contributed by atoms with Crippen molar-refractivity contribution in [2.45, 2.75) is 31.9 Å². The van der Waals surface area contributed by atoms with Crippen LogP contribution in [-0.4, -0.2) is 37.8 Å². The van der Waals surface area contributed by atoms with E-state index in [0.717, 1.165) is 31.6 Å². The molecule has 1 aliphatic rings. The average Bonchev–Trinajstić information content (AvgIpc) is 3.24. The van der Waals surface area contributed by atoms with E-state index in [-0.39, 0.29) is 17.2 Å². The molecule has 2 aromatic rings. The number of hydrogen-bond donors (Lipinski definition) is 1. The van der Waals surface area contributed by atoms with Crippen LogP contribution in [0.15, 0.2) is 42.5 Å². The Hall–Kier alpha value is -3.00. The number of carbonyl (C=O) groups is 2. The molecule has 30 heavy (non-hydrogen) atoms. The number of hydrogen-bond acceptors (Lipinski definition) is 5. The van der Waals surface area contributed by atoms with Crippen LogP contribution in [0, 0.1) is 11.6 Å². The molecule has 0 aliphatic carbocycles. The summed E-state index contributed by atoms with van der Waals surface area (Å²) in [6.45, 7) is 2.23. The minimum atomic E-state index is -0.762. The van der Waals surface area contributed by atoms with E-state index in [1.807, 2.05) is 0 Å². The Morgan fingerprint density at radius 1 is 1.20 bits per heavy atom. The van der Waals surface area contributed by atoms with E-state index in [1.165, 1.54) is 6.07 Å². The van der Waals surface area contributed by atoms with Gasteiger partial charge in [-0.05, 0) is 50.1 Å². The van der Waals surface area contributed by atoms with Crippen molar-refractivity contribution >= 4 is 11.9 Å². The van der Waals surface area contributed by atoms with Gasteiger partial charge in [-0.1, -0.05) is 6.07 Å². The van der Waals surface area contributed by atoms with Gasteiger partial charge in [0, 0.05) is 18.2 Å². The van der Waals surface area contributed by atoms with Crippen molar-refractivity contribution < 1.29 is 32.6 Å². The van der Waals surface area contributed by atoms with E-state index < -0.39 is 36.2 Å². The van der Waals surface area contributed by atoms with Crippen LogP contribution < -0.4 is 10.1 Å². The number of amides is 1. The fourth-order valence-corrected chi connectivity index (χ4v) is 3.08. The number of nitrogens with one attached hydrogen (secondary N) is 1. The van der Waals surface area contributed by atoms with Crippen LogP contribution in [0.4, 0.5) is 8.78 Å². The maximum absolute atomic E-state index is 13.8. The van der Waals surface area contributed by atoms with E-state index in [2.05, 4.69) is 5.32 Å². The molecule has 1 heterocycles. The highest BCUT2D eigenvalue weighted by atomic mass is 19.1. The molecule has 0 unspecified atom stereocenters. The summed E-state index contributed by atoms with van der Waals surface area (Å²) in [4.78, 5) is 24.1. The first-order valence-corrected chi connectivity index (χ1v) is 9.68. The molecule has 160 valence electrons. The second kappa shape index (κ2) is 10.2. The van der Waals surface area contributed by atoms with Crippen molar-refractivity contribution in [1.82, 2.24) is 5.32 Å². The van der Waals surface area contributed by atoms with Crippen LogP contribution in [0.25, 0.3) is 0 Å². The van der Waals surface area contributed by atoms with Crippen molar-refractivity contribution in [3.8, 4) is 5.75 Å². The number of halogens is 2. The predicted molar refractivity (Wildman–Crippen MR) is 104 cm³/mol. The van der Waals surface area contributed by atoms with Crippen LogP contribution in [-0.2, 0) is 14.3 Å². The normalized spacial score (nSPS) is 16.7. The third-order valence-corrected chi connectivity index (χ3v) is 4.69. The first kappa shape index (κ1) is 21.7. The van der Waals surface area contributed by atoms with E-state index in [9.17, 15) is 18.4 Å². The van der Waals surface area contributed by atoms with Gasteiger partial charge in [0.05, 0.1) is 17.7 Å². The van der Waals surface area contributed by atoms with Crippen LogP contribution in [0.3, 0.4) is 0 Å². The molecule has 0 spiro atoms. The number of esters is 1. The van der Waals surface area contributed by atoms with Crippen LogP contribution in [0.5, 0.6) is 5.75 Å². The molecule has 1 amide bonds. The Morgan fingerprint density at radius 2 is 1.97 bits per heavy atom. The summed E-state index contributed by atoms with van der Waals surface area (Å²) in [7, 11) is 0. The van der Waals surface area contributed by atoms with Gasteiger partial charge < -0.3 is 19.5 Å². The SMILES string of the molecule is C[C@H](NC(=O)COC(=O)c1ccc(OC[C@H]2CCCO2)cc1)c1ccc(F)cc1F. The van der Waals surface area contributed by atoms with Crippen molar-refractivity contribution in [2.24, 2.45) is 0 Å². The quantitative estimate of drug-likeness (QED) is 0.663. The summed E-state index contributed by atoms with van der Waals surface area (Å²) in [6.07, 6.45) is 2.10. The van der Waals surface area contributed by atoms with Gasteiger partial charge in [0.2, 0.25) is 0 Å². The number of benzene rings is 2. The highest BCUT2D eigenvalue weighted by Gasteiger charge is 2.17. The fourth-order valence-electron chi connectivity index (χ4n) is 3.08. The predicted octanol–water partition coefficient (Wildman–Crippen LogP) is 3.56. The lowest BCUT2D eigenvalue weighted by Crippen LogP contribution is -2.31. The summed E-state index contributed by atoms with van der Waals surface area (Å²) in [5.74, 6) is -2.13. The highest BCUT2D eigenvalue weighted by Crippen LogP contribution is 2.18. The Morgan fingerprint density at radius 3 is 2.63 bits per heavy atom. The second-order valence-corrected chi connectivity index (χ2v) is 7.00. The maximum atomic E-state index is 13.8. The van der Waals surface area contributed by atoms with Gasteiger partial charge in [-0.25, -0.2) is 13.6 Å². The van der Waals surface area contributed by atoms with Gasteiger partial charge >= 0.3 is 5.97 Å². The van der Waals surface area contributed by atoms with Crippen LogP contribution in [0.1, 0.15) is 41.7 Å².